The van der Waals surface area contributed by atoms with Gasteiger partial charge in [0.1, 0.15) is 0 Å². The van der Waals surface area contributed by atoms with Gasteiger partial charge in [0.15, 0.2) is 0 Å². The van der Waals surface area contributed by atoms with E-state index in [9.17, 15) is 13.6 Å². The summed E-state index contributed by atoms with van der Waals surface area (Å²) in [5.74, 6) is -2.95. The van der Waals surface area contributed by atoms with Crippen LogP contribution < -0.4 is 10.2 Å². The minimum Gasteiger partial charge on any atom is -0.368 e. The lowest BCUT2D eigenvalue weighted by Crippen LogP contribution is -2.53. The van der Waals surface area contributed by atoms with Crippen LogP contribution in [0.3, 0.4) is 0 Å². The molecule has 0 aromatic heterocycles. The minimum absolute atomic E-state index is 0.193. The number of rotatable bonds is 2. The predicted molar refractivity (Wildman–Crippen MR) is 81.3 cm³/mol. The van der Waals surface area contributed by atoms with Gasteiger partial charge in [-0.2, -0.15) is 0 Å². The minimum atomic E-state index is -2.76. The topological polar surface area (TPSA) is 35.6 Å². The van der Waals surface area contributed by atoms with Crippen LogP contribution in [0.25, 0.3) is 0 Å². The summed E-state index contributed by atoms with van der Waals surface area (Å²) in [5.41, 5.74) is 2.35. The lowest BCUT2D eigenvalue weighted by molar-refractivity contribution is -0.134. The molecule has 1 unspecified atom stereocenters. The average Bonchev–Trinajstić information content (AvgIpc) is 2.87. The molecule has 1 aromatic carbocycles. The van der Waals surface area contributed by atoms with E-state index in [0.717, 1.165) is 18.8 Å². The third-order valence-electron chi connectivity index (χ3n) is 4.37. The van der Waals surface area contributed by atoms with Crippen LogP contribution >= 0.6 is 0 Å². The van der Waals surface area contributed by atoms with Crippen molar-refractivity contribution in [1.82, 2.24) is 10.2 Å². The number of piperazine rings is 1. The molecule has 4 nitrogen and oxygen atoms in total. The molecule has 3 rings (SSSR count). The molecule has 22 heavy (non-hydrogen) atoms. The molecule has 2 saturated heterocycles. The smallest absolute Gasteiger partial charge is 0.262 e. The Balaban J connectivity index is 1.57. The van der Waals surface area contributed by atoms with E-state index in [1.807, 2.05) is 6.07 Å². The van der Waals surface area contributed by atoms with Gasteiger partial charge in [0.25, 0.3) is 5.92 Å². The van der Waals surface area contributed by atoms with Crippen LogP contribution in [-0.2, 0) is 4.79 Å². The summed E-state index contributed by atoms with van der Waals surface area (Å²) in [4.78, 5) is 16.2. The van der Waals surface area contributed by atoms with Gasteiger partial charge in [-0.05, 0) is 24.6 Å². The van der Waals surface area contributed by atoms with Crippen LogP contribution in [0.4, 0.5) is 14.5 Å². The van der Waals surface area contributed by atoms with Gasteiger partial charge in [0.2, 0.25) is 5.91 Å². The van der Waals surface area contributed by atoms with E-state index in [1.165, 1.54) is 5.56 Å². The molecule has 0 radical (unpaired) electrons. The molecule has 2 aliphatic rings. The number of alkyl halides is 2. The van der Waals surface area contributed by atoms with Crippen LogP contribution in [0, 0.1) is 6.92 Å². The fraction of sp³-hybridized carbons (Fsp3) is 0.562. The molecule has 120 valence electrons. The molecule has 0 bridgehead atoms. The third-order valence-corrected chi connectivity index (χ3v) is 4.37. The maximum atomic E-state index is 13.2. The van der Waals surface area contributed by atoms with Gasteiger partial charge < -0.3 is 9.80 Å². The van der Waals surface area contributed by atoms with Gasteiger partial charge in [-0.15, -0.1) is 0 Å². The molecule has 1 amide bonds. The van der Waals surface area contributed by atoms with Crippen LogP contribution in [-0.4, -0.2) is 55.5 Å². The standard InChI is InChI=1S/C16H21F2N3O/c1-12-3-2-4-13(9-12)20-5-7-21(8-6-20)15(22)14-10-16(17,18)11-19-14/h2-4,9,14,19H,5-8,10-11H2,1H3. The van der Waals surface area contributed by atoms with Crippen molar-refractivity contribution in [3.8, 4) is 0 Å². The number of aryl methyl sites for hydroxylation is 1. The molecule has 6 heteroatoms. The molecule has 0 saturated carbocycles. The van der Waals surface area contributed by atoms with Gasteiger partial charge in [-0.3, -0.25) is 10.1 Å². The first-order valence-corrected chi connectivity index (χ1v) is 7.66. The third kappa shape index (κ3) is 3.21. The van der Waals surface area contributed by atoms with Crippen molar-refractivity contribution in [3.63, 3.8) is 0 Å². The zero-order valence-corrected chi connectivity index (χ0v) is 12.7. The number of carbonyl (C=O) groups excluding carboxylic acids is 1. The molecule has 1 N–H and O–H groups in total. The monoisotopic (exact) mass is 309 g/mol. The van der Waals surface area contributed by atoms with Crippen molar-refractivity contribution >= 4 is 11.6 Å². The molecule has 0 spiro atoms. The maximum Gasteiger partial charge on any atom is 0.262 e. The molecule has 2 fully saturated rings. The average molecular weight is 309 g/mol. The molecular weight excluding hydrogens is 288 g/mol. The molecule has 2 heterocycles. The number of carbonyl (C=O) groups is 1. The van der Waals surface area contributed by atoms with Crippen LogP contribution in [0.15, 0.2) is 24.3 Å². The van der Waals surface area contributed by atoms with Crippen LogP contribution in [0.5, 0.6) is 0 Å². The van der Waals surface area contributed by atoms with Gasteiger partial charge >= 0.3 is 0 Å². The van der Waals surface area contributed by atoms with Gasteiger partial charge in [0, 0.05) is 38.3 Å². The Morgan fingerprint density at radius 3 is 2.59 bits per heavy atom. The first kappa shape index (κ1) is 15.2. The number of nitrogens with zero attached hydrogens (tertiary/aromatic N) is 2. The summed E-state index contributed by atoms with van der Waals surface area (Å²) in [5, 5.41) is 2.64. The van der Waals surface area contributed by atoms with Gasteiger partial charge in [-0.1, -0.05) is 12.1 Å². The zero-order valence-electron chi connectivity index (χ0n) is 12.7. The fourth-order valence-electron chi connectivity index (χ4n) is 3.12. The van der Waals surface area contributed by atoms with Crippen molar-refractivity contribution in [2.45, 2.75) is 25.3 Å². The molecule has 1 aromatic rings. The van der Waals surface area contributed by atoms with Crippen LogP contribution in [0.1, 0.15) is 12.0 Å². The zero-order chi connectivity index (χ0) is 15.7. The van der Waals surface area contributed by atoms with E-state index in [-0.39, 0.29) is 12.3 Å². The van der Waals surface area contributed by atoms with Crippen molar-refractivity contribution in [3.05, 3.63) is 29.8 Å². The van der Waals surface area contributed by atoms with Crippen molar-refractivity contribution in [2.24, 2.45) is 0 Å². The van der Waals surface area contributed by atoms with Crippen molar-refractivity contribution < 1.29 is 13.6 Å². The van der Waals surface area contributed by atoms with E-state index < -0.39 is 18.5 Å². The summed E-state index contributed by atoms with van der Waals surface area (Å²) in [6.07, 6.45) is -0.385. The molecule has 1 atom stereocenters. The lowest BCUT2D eigenvalue weighted by Gasteiger charge is -2.37. The first-order valence-electron chi connectivity index (χ1n) is 7.66. The fourth-order valence-corrected chi connectivity index (χ4v) is 3.12. The number of anilines is 1. The molecular formula is C16H21F2N3O. The summed E-state index contributed by atoms with van der Waals surface area (Å²) in [7, 11) is 0. The summed E-state index contributed by atoms with van der Waals surface area (Å²) in [6.45, 7) is 4.28. The lowest BCUT2D eigenvalue weighted by atomic mass is 10.1. The summed E-state index contributed by atoms with van der Waals surface area (Å²) < 4.78 is 26.4. The number of halogens is 2. The normalized spacial score (nSPS) is 24.6. The quantitative estimate of drug-likeness (QED) is 0.902. The Kier molecular flexibility index (Phi) is 4.04. The summed E-state index contributed by atoms with van der Waals surface area (Å²) >= 11 is 0. The highest BCUT2D eigenvalue weighted by Crippen LogP contribution is 2.26. The van der Waals surface area contributed by atoms with Gasteiger partial charge in [0.05, 0.1) is 12.6 Å². The van der Waals surface area contributed by atoms with Crippen LogP contribution in [0.2, 0.25) is 0 Å². The second-order valence-corrected chi connectivity index (χ2v) is 6.14. The second-order valence-electron chi connectivity index (χ2n) is 6.14. The Hall–Kier alpha value is -1.69. The molecule has 2 aliphatic heterocycles. The Bertz CT molecular complexity index is 556. The number of benzene rings is 1. The second kappa shape index (κ2) is 5.83. The van der Waals surface area contributed by atoms with Crippen molar-refractivity contribution in [2.75, 3.05) is 37.6 Å². The highest BCUT2D eigenvalue weighted by atomic mass is 19.3. The number of hydrogen-bond acceptors (Lipinski definition) is 3. The van der Waals surface area contributed by atoms with E-state index >= 15 is 0 Å². The predicted octanol–water partition coefficient (Wildman–Crippen LogP) is 1.64. The highest BCUT2D eigenvalue weighted by molar-refractivity contribution is 5.82. The SMILES string of the molecule is Cc1cccc(N2CCN(C(=O)C3CC(F)(F)CN3)CC2)c1. The Labute approximate surface area is 129 Å². The van der Waals surface area contributed by atoms with Gasteiger partial charge in [-0.25, -0.2) is 8.78 Å². The molecule has 0 aliphatic carbocycles. The Morgan fingerprint density at radius 1 is 1.27 bits per heavy atom. The summed E-state index contributed by atoms with van der Waals surface area (Å²) in [6, 6.07) is 7.52. The Morgan fingerprint density at radius 2 is 2.00 bits per heavy atom. The van der Waals surface area contributed by atoms with E-state index in [2.05, 4.69) is 35.3 Å². The van der Waals surface area contributed by atoms with Crippen molar-refractivity contribution in [1.29, 1.82) is 0 Å². The maximum absolute atomic E-state index is 13.2. The largest absolute Gasteiger partial charge is 0.368 e. The number of nitrogens with one attached hydrogen (secondary N) is 1. The number of amides is 1. The van der Waals surface area contributed by atoms with E-state index in [0.29, 0.717) is 13.1 Å². The number of hydrogen-bond donors (Lipinski definition) is 1. The first-order chi connectivity index (χ1) is 10.4. The highest BCUT2D eigenvalue weighted by Gasteiger charge is 2.43. The van der Waals surface area contributed by atoms with E-state index in [4.69, 9.17) is 0 Å². The van der Waals surface area contributed by atoms with E-state index in [1.54, 1.807) is 4.90 Å².